The fourth-order valence-corrected chi connectivity index (χ4v) is 3.08. The van der Waals surface area contributed by atoms with Gasteiger partial charge in [-0.3, -0.25) is 14.4 Å². The van der Waals surface area contributed by atoms with E-state index < -0.39 is 0 Å². The number of likely N-dealkylation sites (tertiary alicyclic amines) is 1. The number of carbonyl (C=O) groups is 1. The Labute approximate surface area is 120 Å². The molecule has 2 aliphatic rings. The fourth-order valence-electron chi connectivity index (χ4n) is 3.08. The van der Waals surface area contributed by atoms with Crippen molar-refractivity contribution in [3.63, 3.8) is 0 Å². The third kappa shape index (κ3) is 2.87. The zero-order valence-electron chi connectivity index (χ0n) is 12.4. The summed E-state index contributed by atoms with van der Waals surface area (Å²) in [5, 5.41) is 7.36. The molecule has 1 aromatic rings. The van der Waals surface area contributed by atoms with E-state index in [1.807, 2.05) is 24.9 Å². The van der Waals surface area contributed by atoms with Crippen LogP contribution in [0.15, 0.2) is 12.3 Å². The first-order valence-corrected chi connectivity index (χ1v) is 7.67. The summed E-state index contributed by atoms with van der Waals surface area (Å²) >= 11 is 0. The van der Waals surface area contributed by atoms with Crippen LogP contribution in [0.1, 0.15) is 44.2 Å². The number of piperidine rings is 1. The lowest BCUT2D eigenvalue weighted by Gasteiger charge is -2.35. The molecular weight excluding hydrogens is 252 g/mol. The van der Waals surface area contributed by atoms with Gasteiger partial charge in [0.2, 0.25) is 5.91 Å². The van der Waals surface area contributed by atoms with Crippen LogP contribution in [0.4, 0.5) is 0 Å². The quantitative estimate of drug-likeness (QED) is 0.901. The van der Waals surface area contributed by atoms with Crippen molar-refractivity contribution in [2.45, 2.75) is 50.6 Å². The molecule has 1 aliphatic heterocycles. The highest BCUT2D eigenvalue weighted by atomic mass is 16.2. The molecule has 1 aliphatic carbocycles. The third-order valence-corrected chi connectivity index (χ3v) is 4.66. The molecule has 0 spiro atoms. The van der Waals surface area contributed by atoms with Crippen LogP contribution in [0.3, 0.4) is 0 Å². The van der Waals surface area contributed by atoms with Crippen molar-refractivity contribution in [3.05, 3.63) is 18.0 Å². The van der Waals surface area contributed by atoms with Gasteiger partial charge in [-0.05, 0) is 51.8 Å². The smallest absolute Gasteiger partial charge is 0.237 e. The lowest BCUT2D eigenvalue weighted by molar-refractivity contribution is -0.126. The molecule has 20 heavy (non-hydrogen) atoms. The van der Waals surface area contributed by atoms with Gasteiger partial charge in [0.1, 0.15) is 0 Å². The highest BCUT2D eigenvalue weighted by Crippen LogP contribution is 2.28. The van der Waals surface area contributed by atoms with Gasteiger partial charge in [-0.1, -0.05) is 0 Å². The monoisotopic (exact) mass is 276 g/mol. The van der Waals surface area contributed by atoms with E-state index in [0.29, 0.717) is 12.0 Å². The summed E-state index contributed by atoms with van der Waals surface area (Å²) in [5.41, 5.74) is 1.32. The lowest BCUT2D eigenvalue weighted by Crippen LogP contribution is -2.48. The van der Waals surface area contributed by atoms with Crippen molar-refractivity contribution >= 4 is 5.91 Å². The van der Waals surface area contributed by atoms with E-state index in [1.54, 1.807) is 0 Å². The molecule has 2 fully saturated rings. The summed E-state index contributed by atoms with van der Waals surface area (Å²) in [5.74, 6) is 0.781. The molecule has 3 rings (SSSR count). The van der Waals surface area contributed by atoms with Gasteiger partial charge in [-0.2, -0.15) is 5.10 Å². The first kappa shape index (κ1) is 13.6. The molecule has 0 radical (unpaired) electrons. The highest BCUT2D eigenvalue weighted by molar-refractivity contribution is 5.81. The Balaban J connectivity index is 1.52. The number of rotatable bonds is 4. The Bertz CT molecular complexity index is 472. The highest BCUT2D eigenvalue weighted by Gasteiger charge is 2.31. The summed E-state index contributed by atoms with van der Waals surface area (Å²) in [4.78, 5) is 14.4. The van der Waals surface area contributed by atoms with Crippen LogP contribution >= 0.6 is 0 Å². The molecule has 0 bridgehead atoms. The van der Waals surface area contributed by atoms with Crippen molar-refractivity contribution < 1.29 is 4.79 Å². The number of nitrogens with one attached hydrogen (secondary N) is 1. The van der Waals surface area contributed by atoms with Crippen LogP contribution in [0.2, 0.25) is 0 Å². The molecule has 110 valence electrons. The van der Waals surface area contributed by atoms with Gasteiger partial charge < -0.3 is 5.32 Å². The van der Waals surface area contributed by atoms with Crippen LogP contribution in [0.5, 0.6) is 0 Å². The SMILES string of the molecule is C[C@H](C(=O)NC1CC1)N1CCC(c2ccnn2C)CC1. The minimum atomic E-state index is 0.00286. The molecule has 1 N–H and O–H groups in total. The number of carbonyl (C=O) groups excluding carboxylic acids is 1. The van der Waals surface area contributed by atoms with E-state index in [0.717, 1.165) is 38.8 Å². The summed E-state index contributed by atoms with van der Waals surface area (Å²) in [7, 11) is 2.01. The van der Waals surface area contributed by atoms with Crippen LogP contribution < -0.4 is 5.32 Å². The minimum Gasteiger partial charge on any atom is -0.352 e. The first-order valence-electron chi connectivity index (χ1n) is 7.67. The normalized spacial score (nSPS) is 22.7. The zero-order chi connectivity index (χ0) is 14.1. The third-order valence-electron chi connectivity index (χ3n) is 4.66. The van der Waals surface area contributed by atoms with Crippen LogP contribution in [0.25, 0.3) is 0 Å². The van der Waals surface area contributed by atoms with Crippen molar-refractivity contribution in [1.82, 2.24) is 20.0 Å². The minimum absolute atomic E-state index is 0.00286. The van der Waals surface area contributed by atoms with E-state index >= 15 is 0 Å². The van der Waals surface area contributed by atoms with E-state index in [2.05, 4.69) is 21.4 Å². The second kappa shape index (κ2) is 5.56. The predicted octanol–water partition coefficient (Wildman–Crippen LogP) is 1.27. The second-order valence-electron chi connectivity index (χ2n) is 6.15. The summed E-state index contributed by atoms with van der Waals surface area (Å²) in [6.07, 6.45) is 6.40. The topological polar surface area (TPSA) is 50.2 Å². The Kier molecular flexibility index (Phi) is 3.78. The van der Waals surface area contributed by atoms with E-state index in [1.165, 1.54) is 5.69 Å². The average Bonchev–Trinajstić information content (AvgIpc) is 3.17. The van der Waals surface area contributed by atoms with Gasteiger partial charge in [0.25, 0.3) is 0 Å². The Hall–Kier alpha value is -1.36. The van der Waals surface area contributed by atoms with Gasteiger partial charge in [-0.15, -0.1) is 0 Å². The van der Waals surface area contributed by atoms with Gasteiger partial charge >= 0.3 is 0 Å². The predicted molar refractivity (Wildman–Crippen MR) is 77.4 cm³/mol. The maximum absolute atomic E-state index is 12.1. The molecule has 1 amide bonds. The molecular formula is C15H24N4O. The Morgan fingerprint density at radius 2 is 2.05 bits per heavy atom. The van der Waals surface area contributed by atoms with E-state index in [9.17, 15) is 4.79 Å². The number of hydrogen-bond acceptors (Lipinski definition) is 3. The summed E-state index contributed by atoms with van der Waals surface area (Å²) in [6, 6.07) is 2.57. The zero-order valence-corrected chi connectivity index (χ0v) is 12.4. The van der Waals surface area contributed by atoms with Gasteiger partial charge in [0.05, 0.1) is 6.04 Å². The molecule has 5 nitrogen and oxygen atoms in total. The van der Waals surface area contributed by atoms with Crippen LogP contribution in [-0.4, -0.2) is 45.8 Å². The van der Waals surface area contributed by atoms with Crippen LogP contribution in [-0.2, 0) is 11.8 Å². The Morgan fingerprint density at radius 3 is 2.60 bits per heavy atom. The lowest BCUT2D eigenvalue weighted by atomic mass is 9.92. The molecule has 5 heteroatoms. The molecule has 1 saturated carbocycles. The first-order chi connectivity index (χ1) is 9.65. The van der Waals surface area contributed by atoms with E-state index in [-0.39, 0.29) is 11.9 Å². The summed E-state index contributed by atoms with van der Waals surface area (Å²) in [6.45, 7) is 4.02. The van der Waals surface area contributed by atoms with Crippen molar-refractivity contribution in [2.75, 3.05) is 13.1 Å². The molecule has 0 aromatic carbocycles. The van der Waals surface area contributed by atoms with Gasteiger partial charge in [-0.25, -0.2) is 0 Å². The van der Waals surface area contributed by atoms with E-state index in [4.69, 9.17) is 0 Å². The molecule has 1 saturated heterocycles. The molecule has 2 heterocycles. The number of amides is 1. The molecule has 1 atom stereocenters. The van der Waals surface area contributed by atoms with Crippen molar-refractivity contribution in [2.24, 2.45) is 7.05 Å². The van der Waals surface area contributed by atoms with Gasteiger partial charge in [0.15, 0.2) is 0 Å². The largest absolute Gasteiger partial charge is 0.352 e. The maximum atomic E-state index is 12.1. The second-order valence-corrected chi connectivity index (χ2v) is 6.15. The summed E-state index contributed by atoms with van der Waals surface area (Å²) < 4.78 is 1.98. The number of aryl methyl sites for hydroxylation is 1. The average molecular weight is 276 g/mol. The van der Waals surface area contributed by atoms with Crippen molar-refractivity contribution in [1.29, 1.82) is 0 Å². The maximum Gasteiger partial charge on any atom is 0.237 e. The fraction of sp³-hybridized carbons (Fsp3) is 0.733. The number of aromatic nitrogens is 2. The van der Waals surface area contributed by atoms with Crippen LogP contribution in [0, 0.1) is 0 Å². The standard InChI is InChI=1S/C15H24N4O/c1-11(15(20)17-13-3-4-13)19-9-6-12(7-10-19)14-5-8-16-18(14)2/h5,8,11-13H,3-4,6-7,9-10H2,1-2H3,(H,17,20)/t11-/m1/s1. The molecule has 1 aromatic heterocycles. The molecule has 0 unspecified atom stereocenters. The Morgan fingerprint density at radius 1 is 1.35 bits per heavy atom. The number of nitrogens with zero attached hydrogens (tertiary/aromatic N) is 3. The van der Waals surface area contributed by atoms with Gasteiger partial charge in [0, 0.05) is 30.9 Å². The number of hydrogen-bond donors (Lipinski definition) is 1. The van der Waals surface area contributed by atoms with Crippen molar-refractivity contribution in [3.8, 4) is 0 Å².